The number of unbranched alkanes of at least 4 members (excludes halogenated alkanes) is 3. The first kappa shape index (κ1) is 13.0. The van der Waals surface area contributed by atoms with E-state index < -0.39 is 0 Å². The number of amides is 3. The van der Waals surface area contributed by atoms with Gasteiger partial charge in [0.15, 0.2) is 0 Å². The molecule has 16 heavy (non-hydrogen) atoms. The molecule has 0 saturated carbocycles. The summed E-state index contributed by atoms with van der Waals surface area (Å²) < 4.78 is 0. The van der Waals surface area contributed by atoms with E-state index >= 15 is 0 Å². The van der Waals surface area contributed by atoms with Crippen molar-refractivity contribution in [2.75, 3.05) is 19.6 Å². The molecule has 1 fully saturated rings. The van der Waals surface area contributed by atoms with E-state index in [4.69, 9.17) is 0 Å². The molecule has 4 nitrogen and oxygen atoms in total. The Labute approximate surface area is 97.6 Å². The minimum absolute atomic E-state index is 0.00273. The zero-order valence-corrected chi connectivity index (χ0v) is 10.4. The Morgan fingerprint density at radius 2 is 1.94 bits per heavy atom. The monoisotopic (exact) mass is 226 g/mol. The van der Waals surface area contributed by atoms with Crippen molar-refractivity contribution < 1.29 is 9.59 Å². The summed E-state index contributed by atoms with van der Waals surface area (Å²) in [6.45, 7) is 6.03. The maximum absolute atomic E-state index is 11.8. The molecule has 1 aliphatic rings. The fraction of sp³-hybridized carbons (Fsp3) is 0.833. The number of rotatable bonds is 6. The third kappa shape index (κ3) is 3.22. The Bertz CT molecular complexity index is 253. The second-order valence-electron chi connectivity index (χ2n) is 4.22. The normalized spacial score (nSPS) is 16.0. The van der Waals surface area contributed by atoms with E-state index in [9.17, 15) is 9.59 Å². The molecule has 0 atom stereocenters. The van der Waals surface area contributed by atoms with Crippen molar-refractivity contribution in [1.82, 2.24) is 9.80 Å². The molecule has 0 bridgehead atoms. The Hall–Kier alpha value is -1.06. The molecule has 0 aromatic heterocycles. The van der Waals surface area contributed by atoms with E-state index in [-0.39, 0.29) is 11.9 Å². The number of nitrogens with zero attached hydrogens (tertiary/aromatic N) is 2. The van der Waals surface area contributed by atoms with Gasteiger partial charge in [0.25, 0.3) is 0 Å². The molecule has 1 heterocycles. The molecule has 0 spiro atoms. The summed E-state index contributed by atoms with van der Waals surface area (Å²) in [5.74, 6) is -0.00273. The molecule has 1 saturated heterocycles. The van der Waals surface area contributed by atoms with Crippen molar-refractivity contribution in [2.45, 2.75) is 46.0 Å². The van der Waals surface area contributed by atoms with Crippen molar-refractivity contribution in [3.8, 4) is 0 Å². The first-order chi connectivity index (χ1) is 7.70. The maximum atomic E-state index is 11.8. The highest BCUT2D eigenvalue weighted by molar-refractivity contribution is 5.95. The third-order valence-corrected chi connectivity index (χ3v) is 3.02. The molecule has 0 N–H and O–H groups in total. The Balaban J connectivity index is 2.29. The topological polar surface area (TPSA) is 40.6 Å². The van der Waals surface area contributed by atoms with Crippen LogP contribution in [0, 0.1) is 0 Å². The summed E-state index contributed by atoms with van der Waals surface area (Å²) in [5.41, 5.74) is 0. The fourth-order valence-corrected chi connectivity index (χ4v) is 1.95. The predicted molar refractivity (Wildman–Crippen MR) is 63.1 cm³/mol. The number of hydrogen-bond donors (Lipinski definition) is 0. The first-order valence-corrected chi connectivity index (χ1v) is 6.30. The molecule has 0 aliphatic carbocycles. The summed E-state index contributed by atoms with van der Waals surface area (Å²) in [6.07, 6.45) is 4.84. The van der Waals surface area contributed by atoms with Gasteiger partial charge in [0.05, 0.1) is 0 Å². The van der Waals surface area contributed by atoms with Crippen molar-refractivity contribution in [3.05, 3.63) is 0 Å². The summed E-state index contributed by atoms with van der Waals surface area (Å²) in [5, 5.41) is 0. The van der Waals surface area contributed by atoms with Gasteiger partial charge in [-0.3, -0.25) is 9.69 Å². The zero-order chi connectivity index (χ0) is 12.0. The van der Waals surface area contributed by atoms with Crippen LogP contribution in [0.3, 0.4) is 0 Å². The molecule has 1 aliphatic heterocycles. The van der Waals surface area contributed by atoms with Crippen molar-refractivity contribution >= 4 is 11.9 Å². The Morgan fingerprint density at radius 3 is 2.50 bits per heavy atom. The number of carbonyl (C=O) groups excluding carboxylic acids is 2. The molecule has 92 valence electrons. The van der Waals surface area contributed by atoms with Crippen LogP contribution in [0.2, 0.25) is 0 Å². The standard InChI is InChI=1S/C12H22N2O2/c1-3-5-6-7-8-11(15)14-10-9-13(4-2)12(14)16/h3-10H2,1-2H3. The highest BCUT2D eigenvalue weighted by Crippen LogP contribution is 2.12. The highest BCUT2D eigenvalue weighted by atomic mass is 16.2. The quantitative estimate of drug-likeness (QED) is 0.652. The molecule has 1 rings (SSSR count). The molecule has 0 radical (unpaired) electrons. The van der Waals surface area contributed by atoms with Gasteiger partial charge in [0.2, 0.25) is 5.91 Å². The summed E-state index contributed by atoms with van der Waals surface area (Å²) in [4.78, 5) is 26.6. The second-order valence-corrected chi connectivity index (χ2v) is 4.22. The molecule has 0 unspecified atom stereocenters. The van der Waals surface area contributed by atoms with Crippen LogP contribution in [0.5, 0.6) is 0 Å². The van der Waals surface area contributed by atoms with Crippen LogP contribution in [-0.4, -0.2) is 41.4 Å². The summed E-state index contributed by atoms with van der Waals surface area (Å²) in [6, 6.07) is -0.108. The number of likely N-dealkylation sites (N-methyl/N-ethyl adjacent to an activating group) is 1. The van der Waals surface area contributed by atoms with E-state index in [1.807, 2.05) is 6.92 Å². The van der Waals surface area contributed by atoms with Gasteiger partial charge in [0, 0.05) is 26.1 Å². The van der Waals surface area contributed by atoms with Crippen LogP contribution in [0.25, 0.3) is 0 Å². The van der Waals surface area contributed by atoms with Gasteiger partial charge in [-0.25, -0.2) is 4.79 Å². The van der Waals surface area contributed by atoms with Crippen LogP contribution in [0.15, 0.2) is 0 Å². The van der Waals surface area contributed by atoms with Crippen molar-refractivity contribution in [2.24, 2.45) is 0 Å². The van der Waals surface area contributed by atoms with Gasteiger partial charge in [-0.05, 0) is 13.3 Å². The minimum atomic E-state index is -0.108. The lowest BCUT2D eigenvalue weighted by atomic mass is 10.1. The van der Waals surface area contributed by atoms with Gasteiger partial charge >= 0.3 is 6.03 Å². The maximum Gasteiger partial charge on any atom is 0.326 e. The van der Waals surface area contributed by atoms with Crippen LogP contribution in [-0.2, 0) is 4.79 Å². The van der Waals surface area contributed by atoms with E-state index in [0.29, 0.717) is 26.1 Å². The SMILES string of the molecule is CCCCCCC(=O)N1CCN(CC)C1=O. The predicted octanol–water partition coefficient (Wildman–Crippen LogP) is 2.24. The number of carbonyl (C=O) groups is 2. The van der Waals surface area contributed by atoms with Crippen LogP contribution in [0.1, 0.15) is 46.0 Å². The molecular weight excluding hydrogens is 204 g/mol. The first-order valence-electron chi connectivity index (χ1n) is 6.30. The van der Waals surface area contributed by atoms with Crippen LogP contribution in [0.4, 0.5) is 4.79 Å². The van der Waals surface area contributed by atoms with E-state index in [0.717, 1.165) is 12.8 Å². The van der Waals surface area contributed by atoms with Crippen LogP contribution >= 0.6 is 0 Å². The minimum Gasteiger partial charge on any atom is -0.323 e. The molecule has 0 aromatic carbocycles. The van der Waals surface area contributed by atoms with Crippen LogP contribution < -0.4 is 0 Å². The average Bonchev–Trinajstić information content (AvgIpc) is 2.65. The number of imide groups is 1. The van der Waals surface area contributed by atoms with E-state index in [2.05, 4.69) is 6.92 Å². The average molecular weight is 226 g/mol. The van der Waals surface area contributed by atoms with E-state index in [1.54, 1.807) is 4.90 Å². The molecule has 4 heteroatoms. The number of hydrogen-bond acceptors (Lipinski definition) is 2. The van der Waals surface area contributed by atoms with Crippen molar-refractivity contribution in [3.63, 3.8) is 0 Å². The third-order valence-electron chi connectivity index (χ3n) is 3.02. The smallest absolute Gasteiger partial charge is 0.323 e. The lowest BCUT2D eigenvalue weighted by molar-refractivity contribution is -0.127. The molecular formula is C12H22N2O2. The van der Waals surface area contributed by atoms with Gasteiger partial charge in [-0.1, -0.05) is 26.2 Å². The number of urea groups is 1. The second kappa shape index (κ2) is 6.51. The van der Waals surface area contributed by atoms with Gasteiger partial charge < -0.3 is 4.90 Å². The lowest BCUT2D eigenvalue weighted by Crippen LogP contribution is -2.36. The molecule has 0 aromatic rings. The Kier molecular flexibility index (Phi) is 5.29. The van der Waals surface area contributed by atoms with Crippen molar-refractivity contribution in [1.29, 1.82) is 0 Å². The lowest BCUT2D eigenvalue weighted by Gasteiger charge is -2.15. The summed E-state index contributed by atoms with van der Waals surface area (Å²) in [7, 11) is 0. The zero-order valence-electron chi connectivity index (χ0n) is 10.4. The van der Waals surface area contributed by atoms with Gasteiger partial charge in [0.1, 0.15) is 0 Å². The highest BCUT2D eigenvalue weighted by Gasteiger charge is 2.31. The van der Waals surface area contributed by atoms with Gasteiger partial charge in [-0.15, -0.1) is 0 Å². The van der Waals surface area contributed by atoms with E-state index in [1.165, 1.54) is 17.7 Å². The molecule has 3 amide bonds. The fourth-order valence-electron chi connectivity index (χ4n) is 1.95. The summed E-state index contributed by atoms with van der Waals surface area (Å²) >= 11 is 0. The largest absolute Gasteiger partial charge is 0.326 e. The van der Waals surface area contributed by atoms with Gasteiger partial charge in [-0.2, -0.15) is 0 Å². The Morgan fingerprint density at radius 1 is 1.19 bits per heavy atom.